The highest BCUT2D eigenvalue weighted by Gasteiger charge is 2.25. The van der Waals surface area contributed by atoms with E-state index < -0.39 is 18.4 Å². The van der Waals surface area contributed by atoms with Gasteiger partial charge in [0.25, 0.3) is 6.29 Å². The van der Waals surface area contributed by atoms with Gasteiger partial charge in [0.05, 0.1) is 34.4 Å². The molecule has 0 spiro atoms. The summed E-state index contributed by atoms with van der Waals surface area (Å²) in [6.07, 6.45) is 79.1. The van der Waals surface area contributed by atoms with Gasteiger partial charge in [0.2, 0.25) is 0 Å². The molecular formula is C72H132NO8+. The van der Waals surface area contributed by atoms with Gasteiger partial charge in [-0.05, 0) is 77.0 Å². The average Bonchev–Trinajstić information content (AvgIpc) is 3.44. The van der Waals surface area contributed by atoms with Gasteiger partial charge in [-0.1, -0.05) is 293 Å². The SMILES string of the molecule is CC/C=C\C/C=C\C/C=C\C/C=C\CCCCCCCCCCCCCCCCCCCCCCCCCCC(=O)OC(COC(=O)CCCCCCCCCCC/C=C\CCCCCCCC)COC(OCC[N+](C)(C)C)C(=O)O. The van der Waals surface area contributed by atoms with Gasteiger partial charge in [-0.25, -0.2) is 4.79 Å². The maximum Gasteiger partial charge on any atom is 0.361 e. The Kier molecular flexibility index (Phi) is 60.7. The molecule has 81 heavy (non-hydrogen) atoms. The van der Waals surface area contributed by atoms with Gasteiger partial charge in [-0.3, -0.25) is 9.59 Å². The second-order valence-electron chi connectivity index (χ2n) is 24.5. The minimum atomic E-state index is -1.51. The fraction of sp³-hybridized carbons (Fsp3) is 0.819. The highest BCUT2D eigenvalue weighted by Crippen LogP contribution is 2.18. The van der Waals surface area contributed by atoms with Crippen LogP contribution in [0.3, 0.4) is 0 Å². The smallest absolute Gasteiger partial charge is 0.361 e. The largest absolute Gasteiger partial charge is 0.477 e. The van der Waals surface area contributed by atoms with Crippen LogP contribution in [0.25, 0.3) is 0 Å². The summed E-state index contributed by atoms with van der Waals surface area (Å²) in [6, 6.07) is 0. The summed E-state index contributed by atoms with van der Waals surface area (Å²) in [6.45, 7) is 4.81. The van der Waals surface area contributed by atoms with Gasteiger partial charge >= 0.3 is 17.9 Å². The molecule has 0 rings (SSSR count). The molecule has 0 aromatic heterocycles. The molecule has 0 aromatic carbocycles. The third-order valence-electron chi connectivity index (χ3n) is 15.3. The Morgan fingerprint density at radius 3 is 1.06 bits per heavy atom. The van der Waals surface area contributed by atoms with Crippen LogP contribution < -0.4 is 0 Å². The Morgan fingerprint density at radius 1 is 0.383 bits per heavy atom. The number of carboxylic acid groups (broad SMARTS) is 1. The lowest BCUT2D eigenvalue weighted by molar-refractivity contribution is -0.870. The fourth-order valence-electron chi connectivity index (χ4n) is 10.0. The van der Waals surface area contributed by atoms with Crippen LogP contribution in [0.15, 0.2) is 60.8 Å². The second kappa shape index (κ2) is 63.0. The van der Waals surface area contributed by atoms with Gasteiger partial charge in [0.1, 0.15) is 13.2 Å². The lowest BCUT2D eigenvalue weighted by Gasteiger charge is -2.25. The second-order valence-corrected chi connectivity index (χ2v) is 24.5. The Labute approximate surface area is 501 Å². The summed E-state index contributed by atoms with van der Waals surface area (Å²) in [4.78, 5) is 37.6. The number of hydrogen-bond acceptors (Lipinski definition) is 7. The van der Waals surface area contributed by atoms with E-state index in [1.165, 1.54) is 231 Å². The van der Waals surface area contributed by atoms with E-state index in [0.29, 0.717) is 17.4 Å². The van der Waals surface area contributed by atoms with Crippen molar-refractivity contribution >= 4 is 17.9 Å². The van der Waals surface area contributed by atoms with Crippen LogP contribution >= 0.6 is 0 Å². The summed E-state index contributed by atoms with van der Waals surface area (Å²) in [5.74, 6) is -1.99. The van der Waals surface area contributed by atoms with E-state index in [-0.39, 0.29) is 38.2 Å². The quantitative estimate of drug-likeness (QED) is 0.0211. The number of nitrogens with zero attached hydrogens (tertiary/aromatic N) is 1. The molecule has 0 bridgehead atoms. The highest BCUT2D eigenvalue weighted by atomic mass is 16.7. The van der Waals surface area contributed by atoms with Crippen molar-refractivity contribution in [3.8, 4) is 0 Å². The molecule has 0 radical (unpaired) electrons. The zero-order valence-electron chi connectivity index (χ0n) is 53.9. The monoisotopic (exact) mass is 1140 g/mol. The van der Waals surface area contributed by atoms with Crippen molar-refractivity contribution in [2.45, 2.75) is 334 Å². The van der Waals surface area contributed by atoms with E-state index in [4.69, 9.17) is 18.9 Å². The molecular weight excluding hydrogens is 1010 g/mol. The summed E-state index contributed by atoms with van der Waals surface area (Å²) >= 11 is 0. The minimum Gasteiger partial charge on any atom is -0.477 e. The highest BCUT2D eigenvalue weighted by molar-refractivity contribution is 5.71. The molecule has 0 fully saturated rings. The Hall–Kier alpha value is -3.01. The number of esters is 2. The Morgan fingerprint density at radius 2 is 0.704 bits per heavy atom. The summed E-state index contributed by atoms with van der Waals surface area (Å²) < 4.78 is 23.0. The summed E-state index contributed by atoms with van der Waals surface area (Å²) in [7, 11) is 5.98. The van der Waals surface area contributed by atoms with Crippen LogP contribution in [0.2, 0.25) is 0 Å². The maximum atomic E-state index is 12.9. The third kappa shape index (κ3) is 64.4. The number of unbranched alkanes of at least 4 members (excludes halogenated alkanes) is 39. The standard InChI is InChI=1S/C72H131NO8/c1-6-8-10-12-14-16-18-20-22-24-26-27-28-29-30-31-32-33-34-35-36-37-38-39-40-41-42-43-45-47-49-51-53-55-57-59-61-63-70(75)81-68(67-80-72(71(76)77)78-65-64-73(3,4)5)66-79-69(74)62-60-58-56-54-52-50-48-46-44-25-23-21-19-17-15-13-11-9-7-2/h8,10,14,16,20-23,26-27,68,72H,6-7,9,11-13,15,17-19,24-25,28-67H2,1-5H3/p+1/b10-8-,16-14-,22-20-,23-21-,27-26-. The molecule has 9 nitrogen and oxygen atoms in total. The molecule has 0 saturated carbocycles. The zero-order valence-corrected chi connectivity index (χ0v) is 53.9. The lowest BCUT2D eigenvalue weighted by atomic mass is 10.0. The van der Waals surface area contributed by atoms with Gasteiger partial charge in [0, 0.05) is 12.8 Å². The first-order valence-corrected chi connectivity index (χ1v) is 34.5. The van der Waals surface area contributed by atoms with Gasteiger partial charge in [-0.15, -0.1) is 0 Å². The van der Waals surface area contributed by atoms with Crippen molar-refractivity contribution < 1.29 is 42.9 Å². The van der Waals surface area contributed by atoms with E-state index in [0.717, 1.165) is 64.2 Å². The molecule has 0 aliphatic heterocycles. The molecule has 472 valence electrons. The van der Waals surface area contributed by atoms with Gasteiger partial charge < -0.3 is 28.5 Å². The van der Waals surface area contributed by atoms with E-state index in [1.54, 1.807) is 0 Å². The van der Waals surface area contributed by atoms with Crippen LogP contribution in [0.4, 0.5) is 0 Å². The Balaban J connectivity index is 4.01. The molecule has 2 atom stereocenters. The average molecular weight is 1140 g/mol. The van der Waals surface area contributed by atoms with E-state index in [2.05, 4.69) is 74.6 Å². The number of rotatable bonds is 64. The van der Waals surface area contributed by atoms with E-state index >= 15 is 0 Å². The van der Waals surface area contributed by atoms with Crippen molar-refractivity contribution in [3.05, 3.63) is 60.8 Å². The van der Waals surface area contributed by atoms with Crippen LogP contribution in [0.1, 0.15) is 322 Å². The number of carboxylic acids is 1. The number of ether oxygens (including phenoxy) is 4. The maximum absolute atomic E-state index is 12.9. The first-order chi connectivity index (χ1) is 39.6. The lowest BCUT2D eigenvalue weighted by Crippen LogP contribution is -2.40. The van der Waals surface area contributed by atoms with Crippen molar-refractivity contribution in [3.63, 3.8) is 0 Å². The number of aliphatic carboxylic acids is 1. The Bertz CT molecular complexity index is 1510. The topological polar surface area (TPSA) is 108 Å². The predicted molar refractivity (Wildman–Crippen MR) is 346 cm³/mol. The molecule has 0 amide bonds. The molecule has 0 saturated heterocycles. The van der Waals surface area contributed by atoms with E-state index in [9.17, 15) is 19.5 Å². The van der Waals surface area contributed by atoms with Crippen LogP contribution in [0.5, 0.6) is 0 Å². The molecule has 0 aromatic rings. The number of allylic oxidation sites excluding steroid dienone is 10. The third-order valence-corrected chi connectivity index (χ3v) is 15.3. The minimum absolute atomic E-state index is 0.179. The molecule has 2 unspecified atom stereocenters. The van der Waals surface area contributed by atoms with Crippen LogP contribution in [-0.4, -0.2) is 87.4 Å². The van der Waals surface area contributed by atoms with Gasteiger partial charge in [0.15, 0.2) is 6.10 Å². The van der Waals surface area contributed by atoms with Gasteiger partial charge in [-0.2, -0.15) is 0 Å². The number of quaternary nitrogens is 1. The first-order valence-electron chi connectivity index (χ1n) is 34.5. The van der Waals surface area contributed by atoms with Crippen molar-refractivity contribution in [1.29, 1.82) is 0 Å². The van der Waals surface area contributed by atoms with E-state index in [1.807, 2.05) is 21.1 Å². The van der Waals surface area contributed by atoms with Crippen LogP contribution in [0, 0.1) is 0 Å². The molecule has 0 heterocycles. The number of likely N-dealkylation sites (N-methyl/N-ethyl adjacent to an activating group) is 1. The first kappa shape index (κ1) is 78.0. The van der Waals surface area contributed by atoms with Crippen LogP contribution in [-0.2, 0) is 33.3 Å². The summed E-state index contributed by atoms with van der Waals surface area (Å²) in [5.41, 5.74) is 0. The van der Waals surface area contributed by atoms with Crippen molar-refractivity contribution in [2.24, 2.45) is 0 Å². The van der Waals surface area contributed by atoms with Crippen molar-refractivity contribution in [1.82, 2.24) is 0 Å². The zero-order chi connectivity index (χ0) is 59.1. The summed E-state index contributed by atoms with van der Waals surface area (Å²) in [5, 5.41) is 9.73. The number of hydrogen-bond donors (Lipinski definition) is 1. The van der Waals surface area contributed by atoms with Crippen molar-refractivity contribution in [2.75, 3.05) is 47.5 Å². The number of carbonyl (C=O) groups excluding carboxylic acids is 2. The molecule has 9 heteroatoms. The molecule has 1 N–H and O–H groups in total. The fourth-order valence-corrected chi connectivity index (χ4v) is 10.0. The number of carbonyl (C=O) groups is 3. The normalized spacial score (nSPS) is 13.0. The predicted octanol–water partition coefficient (Wildman–Crippen LogP) is 21.1. The molecule has 0 aliphatic carbocycles. The molecule has 0 aliphatic rings.